The minimum atomic E-state index is 0.920. The van der Waals surface area contributed by atoms with Crippen LogP contribution in [-0.2, 0) is 0 Å². The van der Waals surface area contributed by atoms with Gasteiger partial charge in [0.05, 0.1) is 11.1 Å². The van der Waals surface area contributed by atoms with Gasteiger partial charge in [0, 0.05) is 17.2 Å². The van der Waals surface area contributed by atoms with Gasteiger partial charge in [0.25, 0.3) is 0 Å². The van der Waals surface area contributed by atoms with E-state index in [-0.39, 0.29) is 0 Å². The molecule has 0 bridgehead atoms. The summed E-state index contributed by atoms with van der Waals surface area (Å²) in [5.74, 6) is 8.75. The monoisotopic (exact) mass is 174 g/mol. The van der Waals surface area contributed by atoms with Crippen LogP contribution in [0.1, 0.15) is 30.9 Å². The van der Waals surface area contributed by atoms with Crippen LogP contribution in [0.25, 0.3) is 0 Å². The first-order chi connectivity index (χ1) is 5.88. The molecular weight excluding hydrogens is 164 g/mol. The van der Waals surface area contributed by atoms with Crippen LogP contribution < -0.4 is 0 Å². The standard InChI is InChI=1S/C11H10S/c1-3-5-6-7-11-9-12-8-10(11)4-2/h2,8-9H,3,5H2,1H3. The molecule has 12 heavy (non-hydrogen) atoms. The van der Waals surface area contributed by atoms with Crippen LogP contribution >= 0.6 is 11.3 Å². The second-order valence-electron chi connectivity index (χ2n) is 2.40. The number of rotatable bonds is 1. The summed E-state index contributed by atoms with van der Waals surface area (Å²) in [5.41, 5.74) is 1.92. The highest BCUT2D eigenvalue weighted by molar-refractivity contribution is 7.08. The first-order valence-corrected chi connectivity index (χ1v) is 4.84. The molecule has 0 saturated carbocycles. The van der Waals surface area contributed by atoms with E-state index in [2.05, 4.69) is 24.7 Å². The molecule has 0 spiro atoms. The van der Waals surface area contributed by atoms with Crippen LogP contribution in [-0.4, -0.2) is 0 Å². The van der Waals surface area contributed by atoms with E-state index in [0.29, 0.717) is 0 Å². The van der Waals surface area contributed by atoms with Gasteiger partial charge in [-0.3, -0.25) is 0 Å². The Balaban J connectivity index is 2.78. The third kappa shape index (κ3) is 2.16. The Bertz CT molecular complexity index is 341. The van der Waals surface area contributed by atoms with Gasteiger partial charge in [0.2, 0.25) is 0 Å². The van der Waals surface area contributed by atoms with E-state index in [4.69, 9.17) is 6.42 Å². The number of thiophene rings is 1. The zero-order valence-corrected chi connectivity index (χ0v) is 7.87. The van der Waals surface area contributed by atoms with Crippen molar-refractivity contribution in [2.24, 2.45) is 0 Å². The van der Waals surface area contributed by atoms with Gasteiger partial charge in [0.15, 0.2) is 0 Å². The van der Waals surface area contributed by atoms with E-state index in [1.54, 1.807) is 11.3 Å². The third-order valence-electron chi connectivity index (χ3n) is 1.42. The number of hydrogen-bond acceptors (Lipinski definition) is 1. The van der Waals surface area contributed by atoms with Crippen molar-refractivity contribution in [3.63, 3.8) is 0 Å². The second kappa shape index (κ2) is 4.65. The zero-order chi connectivity index (χ0) is 8.81. The van der Waals surface area contributed by atoms with Gasteiger partial charge >= 0.3 is 0 Å². The largest absolute Gasteiger partial charge is 0.150 e. The Morgan fingerprint density at radius 3 is 2.83 bits per heavy atom. The van der Waals surface area contributed by atoms with Gasteiger partial charge in [-0.25, -0.2) is 0 Å². The molecule has 0 aliphatic rings. The zero-order valence-electron chi connectivity index (χ0n) is 7.05. The molecule has 1 heteroatoms. The number of terminal acetylenes is 1. The summed E-state index contributed by atoms with van der Waals surface area (Å²) < 4.78 is 0. The molecule has 0 saturated heterocycles. The summed E-state index contributed by atoms with van der Waals surface area (Å²) in [5, 5.41) is 3.95. The molecule has 0 aliphatic carbocycles. The fourth-order valence-corrected chi connectivity index (χ4v) is 1.51. The molecular formula is C11H10S. The van der Waals surface area contributed by atoms with E-state index < -0.39 is 0 Å². The van der Waals surface area contributed by atoms with Crippen LogP contribution in [0.5, 0.6) is 0 Å². The molecule has 1 aromatic heterocycles. The maximum absolute atomic E-state index is 5.29. The highest BCUT2D eigenvalue weighted by Gasteiger charge is 1.95. The van der Waals surface area contributed by atoms with Crippen molar-refractivity contribution < 1.29 is 0 Å². The number of unbranched alkanes of at least 4 members (excludes halogenated alkanes) is 1. The molecule has 0 N–H and O–H groups in total. The van der Waals surface area contributed by atoms with Crippen molar-refractivity contribution in [3.05, 3.63) is 21.9 Å². The fourth-order valence-electron chi connectivity index (χ4n) is 0.788. The van der Waals surface area contributed by atoms with Crippen molar-refractivity contribution in [3.8, 4) is 24.2 Å². The molecule has 1 heterocycles. The molecule has 0 atom stereocenters. The van der Waals surface area contributed by atoms with Crippen LogP contribution in [0.15, 0.2) is 10.8 Å². The SMILES string of the molecule is C#Cc1cscc1C#CCCC. The van der Waals surface area contributed by atoms with Crippen molar-refractivity contribution in [2.45, 2.75) is 19.8 Å². The molecule has 60 valence electrons. The quantitative estimate of drug-likeness (QED) is 0.574. The van der Waals surface area contributed by atoms with Gasteiger partial charge in [-0.1, -0.05) is 24.7 Å². The average Bonchev–Trinajstić information content (AvgIpc) is 2.52. The Morgan fingerprint density at radius 2 is 2.17 bits per heavy atom. The molecule has 0 aliphatic heterocycles. The molecule has 0 amide bonds. The molecule has 1 rings (SSSR count). The minimum absolute atomic E-state index is 0.920. The van der Waals surface area contributed by atoms with Crippen LogP contribution in [0.3, 0.4) is 0 Å². The summed E-state index contributed by atoms with van der Waals surface area (Å²) >= 11 is 1.60. The summed E-state index contributed by atoms with van der Waals surface area (Å²) in [6, 6.07) is 0. The van der Waals surface area contributed by atoms with Crippen LogP contribution in [0.2, 0.25) is 0 Å². The molecule has 0 fully saturated rings. The lowest BCUT2D eigenvalue weighted by Crippen LogP contribution is -1.73. The predicted octanol–water partition coefficient (Wildman–Crippen LogP) is 2.88. The lowest BCUT2D eigenvalue weighted by molar-refractivity contribution is 0.983. The Kier molecular flexibility index (Phi) is 3.45. The van der Waals surface area contributed by atoms with Gasteiger partial charge in [-0.05, 0) is 6.42 Å². The van der Waals surface area contributed by atoms with Crippen molar-refractivity contribution >= 4 is 11.3 Å². The predicted molar refractivity (Wildman–Crippen MR) is 54.0 cm³/mol. The molecule has 0 unspecified atom stereocenters. The summed E-state index contributed by atoms with van der Waals surface area (Å²) in [4.78, 5) is 0. The van der Waals surface area contributed by atoms with E-state index >= 15 is 0 Å². The molecule has 0 aromatic carbocycles. The maximum atomic E-state index is 5.29. The Hall–Kier alpha value is -1.18. The third-order valence-corrected chi connectivity index (χ3v) is 2.16. The molecule has 0 radical (unpaired) electrons. The normalized spacial score (nSPS) is 8.33. The van der Waals surface area contributed by atoms with Crippen LogP contribution in [0, 0.1) is 24.2 Å². The van der Waals surface area contributed by atoms with Crippen molar-refractivity contribution in [1.82, 2.24) is 0 Å². The lowest BCUT2D eigenvalue weighted by Gasteiger charge is -1.83. The first-order valence-electron chi connectivity index (χ1n) is 3.90. The van der Waals surface area contributed by atoms with Crippen LogP contribution in [0.4, 0.5) is 0 Å². The van der Waals surface area contributed by atoms with E-state index in [9.17, 15) is 0 Å². The van der Waals surface area contributed by atoms with E-state index in [1.807, 2.05) is 10.8 Å². The first kappa shape index (κ1) is 8.91. The number of hydrogen-bond donors (Lipinski definition) is 0. The maximum Gasteiger partial charge on any atom is 0.0508 e. The molecule has 1 aromatic rings. The molecule has 0 nitrogen and oxygen atoms in total. The van der Waals surface area contributed by atoms with Gasteiger partial charge < -0.3 is 0 Å². The fraction of sp³-hybridized carbons (Fsp3) is 0.273. The topological polar surface area (TPSA) is 0 Å². The highest BCUT2D eigenvalue weighted by atomic mass is 32.1. The van der Waals surface area contributed by atoms with Gasteiger partial charge in [-0.2, -0.15) is 0 Å². The smallest absolute Gasteiger partial charge is 0.0508 e. The average molecular weight is 174 g/mol. The lowest BCUT2D eigenvalue weighted by atomic mass is 10.2. The summed E-state index contributed by atoms with van der Waals surface area (Å²) in [6.45, 7) is 2.12. The highest BCUT2D eigenvalue weighted by Crippen LogP contribution is 2.12. The minimum Gasteiger partial charge on any atom is -0.150 e. The van der Waals surface area contributed by atoms with Crippen molar-refractivity contribution in [1.29, 1.82) is 0 Å². The van der Waals surface area contributed by atoms with E-state index in [0.717, 1.165) is 24.0 Å². The Labute approximate surface area is 77.6 Å². The second-order valence-corrected chi connectivity index (χ2v) is 3.14. The Morgan fingerprint density at radius 1 is 1.42 bits per heavy atom. The van der Waals surface area contributed by atoms with Crippen molar-refractivity contribution in [2.75, 3.05) is 0 Å². The van der Waals surface area contributed by atoms with E-state index in [1.165, 1.54) is 0 Å². The summed E-state index contributed by atoms with van der Waals surface area (Å²) in [6.07, 6.45) is 7.33. The van der Waals surface area contributed by atoms with Gasteiger partial charge in [-0.15, -0.1) is 17.8 Å². The van der Waals surface area contributed by atoms with Gasteiger partial charge in [0.1, 0.15) is 0 Å². The summed E-state index contributed by atoms with van der Waals surface area (Å²) in [7, 11) is 0.